The molecule has 0 spiro atoms. The molecule has 0 atom stereocenters. The molecule has 0 aliphatic heterocycles. The maximum absolute atomic E-state index is 11.6. The summed E-state index contributed by atoms with van der Waals surface area (Å²) in [6.45, 7) is 6.36. The molecule has 0 aliphatic carbocycles. The van der Waals surface area contributed by atoms with Gasteiger partial charge < -0.3 is 10.6 Å². The monoisotopic (exact) mass is 245 g/mol. The van der Waals surface area contributed by atoms with Gasteiger partial charge in [-0.15, -0.1) is 0 Å². The van der Waals surface area contributed by atoms with E-state index in [-0.39, 0.29) is 11.4 Å². The molecule has 2 N–H and O–H groups in total. The number of benzene rings is 1. The molecule has 18 heavy (non-hydrogen) atoms. The van der Waals surface area contributed by atoms with Crippen LogP contribution in [0.1, 0.15) is 32.8 Å². The van der Waals surface area contributed by atoms with E-state index < -0.39 is 0 Å². The number of hydrogen-bond acceptors (Lipinski definition) is 3. The second-order valence-corrected chi connectivity index (χ2v) is 5.13. The van der Waals surface area contributed by atoms with Crippen molar-refractivity contribution in [2.75, 3.05) is 11.9 Å². The summed E-state index contributed by atoms with van der Waals surface area (Å²) in [6.07, 6.45) is 0.386. The van der Waals surface area contributed by atoms with Gasteiger partial charge in [-0.3, -0.25) is 4.79 Å². The first kappa shape index (κ1) is 14.0. The summed E-state index contributed by atoms with van der Waals surface area (Å²) in [7, 11) is 0. The van der Waals surface area contributed by atoms with Crippen molar-refractivity contribution < 1.29 is 4.79 Å². The Balaban J connectivity index is 2.43. The predicted molar refractivity (Wildman–Crippen MR) is 72.2 cm³/mol. The zero-order chi connectivity index (χ0) is 13.6. The SMILES string of the molecule is CC(C)(C)NC(=O)CCNc1ccccc1C#N. The van der Waals surface area contributed by atoms with Gasteiger partial charge in [0.15, 0.2) is 0 Å². The second kappa shape index (κ2) is 6.06. The summed E-state index contributed by atoms with van der Waals surface area (Å²) >= 11 is 0. The number of nitriles is 1. The number of amides is 1. The van der Waals surface area contributed by atoms with Crippen LogP contribution in [0.4, 0.5) is 5.69 Å². The average molecular weight is 245 g/mol. The normalized spacial score (nSPS) is 10.6. The Hall–Kier alpha value is -2.02. The van der Waals surface area contributed by atoms with Crippen molar-refractivity contribution in [3.05, 3.63) is 29.8 Å². The molecular formula is C14H19N3O. The lowest BCUT2D eigenvalue weighted by atomic mass is 10.1. The summed E-state index contributed by atoms with van der Waals surface area (Å²) < 4.78 is 0. The fourth-order valence-corrected chi connectivity index (χ4v) is 1.53. The van der Waals surface area contributed by atoms with E-state index in [1.807, 2.05) is 39.0 Å². The van der Waals surface area contributed by atoms with Gasteiger partial charge in [0.05, 0.1) is 11.3 Å². The van der Waals surface area contributed by atoms with Gasteiger partial charge in [-0.1, -0.05) is 12.1 Å². The van der Waals surface area contributed by atoms with E-state index in [2.05, 4.69) is 16.7 Å². The molecule has 1 aromatic carbocycles. The number of nitrogens with one attached hydrogen (secondary N) is 2. The molecule has 4 nitrogen and oxygen atoms in total. The Morgan fingerprint density at radius 1 is 1.33 bits per heavy atom. The van der Waals surface area contributed by atoms with Crippen molar-refractivity contribution in [1.29, 1.82) is 5.26 Å². The lowest BCUT2D eigenvalue weighted by Gasteiger charge is -2.20. The third kappa shape index (κ3) is 4.88. The smallest absolute Gasteiger partial charge is 0.222 e. The van der Waals surface area contributed by atoms with E-state index in [4.69, 9.17) is 5.26 Å². The molecule has 0 heterocycles. The van der Waals surface area contributed by atoms with Crippen LogP contribution in [0.3, 0.4) is 0 Å². The standard InChI is InChI=1S/C14H19N3O/c1-14(2,3)17-13(18)8-9-16-12-7-5-4-6-11(12)10-15/h4-7,16H,8-9H2,1-3H3,(H,17,18). The van der Waals surface area contributed by atoms with Crippen LogP contribution >= 0.6 is 0 Å². The highest BCUT2D eigenvalue weighted by Crippen LogP contribution is 2.13. The van der Waals surface area contributed by atoms with E-state index in [0.29, 0.717) is 18.5 Å². The molecule has 0 saturated heterocycles. The highest BCUT2D eigenvalue weighted by molar-refractivity contribution is 5.77. The van der Waals surface area contributed by atoms with E-state index in [1.54, 1.807) is 6.07 Å². The topological polar surface area (TPSA) is 64.9 Å². The number of anilines is 1. The van der Waals surface area contributed by atoms with E-state index in [9.17, 15) is 4.79 Å². The highest BCUT2D eigenvalue weighted by atomic mass is 16.1. The van der Waals surface area contributed by atoms with Crippen LogP contribution in [-0.2, 0) is 4.79 Å². The van der Waals surface area contributed by atoms with Gasteiger partial charge >= 0.3 is 0 Å². The fraction of sp³-hybridized carbons (Fsp3) is 0.429. The van der Waals surface area contributed by atoms with Gasteiger partial charge in [-0.25, -0.2) is 0 Å². The quantitative estimate of drug-likeness (QED) is 0.855. The van der Waals surface area contributed by atoms with E-state index >= 15 is 0 Å². The number of rotatable bonds is 4. The third-order valence-corrected chi connectivity index (χ3v) is 2.23. The van der Waals surface area contributed by atoms with Gasteiger partial charge in [0.1, 0.15) is 6.07 Å². The largest absolute Gasteiger partial charge is 0.383 e. The minimum absolute atomic E-state index is 0.00411. The Morgan fingerprint density at radius 2 is 2.00 bits per heavy atom. The van der Waals surface area contributed by atoms with E-state index in [0.717, 1.165) is 5.69 Å². The van der Waals surface area contributed by atoms with Gasteiger partial charge in [0.25, 0.3) is 0 Å². The Morgan fingerprint density at radius 3 is 2.61 bits per heavy atom. The first-order chi connectivity index (χ1) is 8.42. The van der Waals surface area contributed by atoms with Crippen molar-refractivity contribution >= 4 is 11.6 Å². The van der Waals surface area contributed by atoms with Crippen molar-refractivity contribution in [3.8, 4) is 6.07 Å². The Bertz CT molecular complexity index is 455. The molecule has 1 rings (SSSR count). The first-order valence-corrected chi connectivity index (χ1v) is 5.96. The summed E-state index contributed by atoms with van der Waals surface area (Å²) in [5.74, 6) is 0.00411. The Labute approximate surface area is 108 Å². The highest BCUT2D eigenvalue weighted by Gasteiger charge is 2.13. The van der Waals surface area contributed by atoms with Crippen LogP contribution in [0.15, 0.2) is 24.3 Å². The molecule has 0 unspecified atom stereocenters. The van der Waals surface area contributed by atoms with Crippen molar-refractivity contribution in [1.82, 2.24) is 5.32 Å². The molecule has 0 aliphatic rings. The average Bonchev–Trinajstić information content (AvgIpc) is 2.27. The Kier molecular flexibility index (Phi) is 4.73. The maximum atomic E-state index is 11.6. The van der Waals surface area contributed by atoms with Gasteiger partial charge in [-0.05, 0) is 32.9 Å². The van der Waals surface area contributed by atoms with Crippen LogP contribution in [0.2, 0.25) is 0 Å². The van der Waals surface area contributed by atoms with Crippen LogP contribution in [-0.4, -0.2) is 18.0 Å². The van der Waals surface area contributed by atoms with Crippen LogP contribution in [0, 0.1) is 11.3 Å². The molecule has 0 aromatic heterocycles. The van der Waals surface area contributed by atoms with Crippen molar-refractivity contribution in [2.45, 2.75) is 32.7 Å². The summed E-state index contributed by atoms with van der Waals surface area (Å²) in [6, 6.07) is 9.37. The van der Waals surface area contributed by atoms with Crippen molar-refractivity contribution in [3.63, 3.8) is 0 Å². The number of carbonyl (C=O) groups is 1. The lowest BCUT2D eigenvalue weighted by Crippen LogP contribution is -2.41. The second-order valence-electron chi connectivity index (χ2n) is 5.13. The number of hydrogen-bond donors (Lipinski definition) is 2. The number of para-hydroxylation sites is 1. The van der Waals surface area contributed by atoms with Gasteiger partial charge in [0, 0.05) is 18.5 Å². The zero-order valence-electron chi connectivity index (χ0n) is 11.1. The predicted octanol–water partition coefficient (Wildman–Crippen LogP) is 2.27. The summed E-state index contributed by atoms with van der Waals surface area (Å²) in [5.41, 5.74) is 1.15. The molecule has 0 fully saturated rings. The van der Waals surface area contributed by atoms with Crippen LogP contribution in [0.5, 0.6) is 0 Å². The van der Waals surface area contributed by atoms with Crippen LogP contribution in [0.25, 0.3) is 0 Å². The van der Waals surface area contributed by atoms with Gasteiger partial charge in [-0.2, -0.15) is 5.26 Å². The molecule has 0 radical (unpaired) electrons. The minimum atomic E-state index is -0.207. The molecule has 0 saturated carbocycles. The first-order valence-electron chi connectivity index (χ1n) is 5.96. The van der Waals surface area contributed by atoms with Crippen molar-refractivity contribution in [2.24, 2.45) is 0 Å². The molecule has 4 heteroatoms. The zero-order valence-corrected chi connectivity index (χ0v) is 11.1. The molecule has 1 amide bonds. The summed E-state index contributed by atoms with van der Waals surface area (Å²) in [4.78, 5) is 11.6. The van der Waals surface area contributed by atoms with Gasteiger partial charge in [0.2, 0.25) is 5.91 Å². The molecule has 1 aromatic rings. The fourth-order valence-electron chi connectivity index (χ4n) is 1.53. The lowest BCUT2D eigenvalue weighted by molar-refractivity contribution is -0.122. The maximum Gasteiger partial charge on any atom is 0.222 e. The van der Waals surface area contributed by atoms with E-state index in [1.165, 1.54) is 0 Å². The minimum Gasteiger partial charge on any atom is -0.383 e. The molecule has 96 valence electrons. The third-order valence-electron chi connectivity index (χ3n) is 2.23. The molecular weight excluding hydrogens is 226 g/mol. The number of nitrogens with zero attached hydrogens (tertiary/aromatic N) is 1. The van der Waals surface area contributed by atoms with Crippen LogP contribution < -0.4 is 10.6 Å². The summed E-state index contributed by atoms with van der Waals surface area (Å²) in [5, 5.41) is 14.9. The molecule has 0 bridgehead atoms. The number of carbonyl (C=O) groups excluding carboxylic acids is 1.